The zero-order valence-corrected chi connectivity index (χ0v) is 14.5. The second-order valence-electron chi connectivity index (χ2n) is 8.02. The van der Waals surface area contributed by atoms with Gasteiger partial charge in [0.25, 0.3) is 0 Å². The van der Waals surface area contributed by atoms with E-state index in [-0.39, 0.29) is 5.41 Å². The highest BCUT2D eigenvalue weighted by atomic mass is 19.4. The van der Waals surface area contributed by atoms with E-state index in [0.717, 1.165) is 12.8 Å². The summed E-state index contributed by atoms with van der Waals surface area (Å²) in [5.41, 5.74) is -2.61. The molecule has 1 aliphatic rings. The quantitative estimate of drug-likeness (QED) is 0.357. The van der Waals surface area contributed by atoms with Gasteiger partial charge < -0.3 is 5.11 Å². The van der Waals surface area contributed by atoms with Crippen molar-refractivity contribution >= 4 is 5.78 Å². The number of aliphatic hydroxyl groups excluding tert-OH is 1. The van der Waals surface area contributed by atoms with E-state index in [1.54, 1.807) is 0 Å². The first kappa shape index (κ1) is 21.8. The summed E-state index contributed by atoms with van der Waals surface area (Å²) >= 11 is 0. The molecule has 0 atom stereocenters. The summed E-state index contributed by atoms with van der Waals surface area (Å²) < 4.78 is 76.0. The predicted molar refractivity (Wildman–Crippen MR) is 80.9 cm³/mol. The fourth-order valence-electron chi connectivity index (χ4n) is 3.24. The van der Waals surface area contributed by atoms with E-state index >= 15 is 0 Å². The van der Waals surface area contributed by atoms with Crippen molar-refractivity contribution < 1.29 is 36.2 Å². The number of alkyl halides is 6. The highest BCUT2D eigenvalue weighted by Gasteiger charge is 2.49. The van der Waals surface area contributed by atoms with Crippen molar-refractivity contribution in [1.82, 2.24) is 0 Å². The maximum absolute atomic E-state index is 12.7. The van der Waals surface area contributed by atoms with E-state index in [0.29, 0.717) is 25.8 Å². The standard InChI is InChI=1S/C17H24F6O2/c1-14(2)6-4-11(5-7-14)12(24)8-13(25)15(3,9-16(18,19)20)10-17(21,22)23/h8,11,24H,4-7,9-10H2,1-3H3/b12-8-. The predicted octanol–water partition coefficient (Wildman–Crippen LogP) is 6.12. The van der Waals surface area contributed by atoms with Gasteiger partial charge in [0.1, 0.15) is 0 Å². The molecule has 0 aromatic rings. The summed E-state index contributed by atoms with van der Waals surface area (Å²) in [5, 5.41) is 10.1. The molecule has 0 spiro atoms. The van der Waals surface area contributed by atoms with Gasteiger partial charge in [-0.3, -0.25) is 4.79 Å². The van der Waals surface area contributed by atoms with Crippen molar-refractivity contribution in [3.8, 4) is 0 Å². The van der Waals surface area contributed by atoms with E-state index in [9.17, 15) is 36.2 Å². The van der Waals surface area contributed by atoms with Crippen molar-refractivity contribution in [3.63, 3.8) is 0 Å². The fraction of sp³-hybridized carbons (Fsp3) is 0.824. The summed E-state index contributed by atoms with van der Waals surface area (Å²) in [5.74, 6) is -2.17. The van der Waals surface area contributed by atoms with Crippen LogP contribution in [0.1, 0.15) is 59.3 Å². The molecule has 0 amide bonds. The van der Waals surface area contributed by atoms with Crippen LogP contribution in [-0.4, -0.2) is 23.2 Å². The molecule has 146 valence electrons. The Kier molecular flexibility index (Phi) is 6.28. The number of hydrogen-bond donors (Lipinski definition) is 1. The Morgan fingerprint density at radius 3 is 1.80 bits per heavy atom. The van der Waals surface area contributed by atoms with Gasteiger partial charge in [0.05, 0.1) is 18.6 Å². The number of rotatable bonds is 5. The first-order chi connectivity index (χ1) is 11.0. The van der Waals surface area contributed by atoms with Crippen molar-refractivity contribution in [2.75, 3.05) is 0 Å². The monoisotopic (exact) mass is 374 g/mol. The normalized spacial score (nSPS) is 20.6. The minimum absolute atomic E-state index is 0.0713. The van der Waals surface area contributed by atoms with Gasteiger partial charge in [-0.15, -0.1) is 0 Å². The molecule has 1 aliphatic carbocycles. The van der Waals surface area contributed by atoms with Crippen molar-refractivity contribution in [1.29, 1.82) is 0 Å². The van der Waals surface area contributed by atoms with E-state index in [1.165, 1.54) is 0 Å². The maximum atomic E-state index is 12.7. The molecule has 2 nitrogen and oxygen atoms in total. The highest BCUT2D eigenvalue weighted by molar-refractivity contribution is 5.95. The third-order valence-corrected chi connectivity index (χ3v) is 4.81. The zero-order chi connectivity index (χ0) is 19.7. The lowest BCUT2D eigenvalue weighted by molar-refractivity contribution is -0.193. The summed E-state index contributed by atoms with van der Waals surface area (Å²) in [6, 6.07) is 0. The average Bonchev–Trinajstić information content (AvgIpc) is 2.33. The Labute approximate surface area is 143 Å². The summed E-state index contributed by atoms with van der Waals surface area (Å²) in [6.45, 7) is 4.72. The Morgan fingerprint density at radius 2 is 1.44 bits per heavy atom. The number of allylic oxidation sites excluding steroid dienone is 2. The number of ketones is 1. The number of carbonyl (C=O) groups is 1. The zero-order valence-electron chi connectivity index (χ0n) is 14.5. The van der Waals surface area contributed by atoms with Crippen LogP contribution >= 0.6 is 0 Å². The Bertz CT molecular complexity index is 490. The molecule has 25 heavy (non-hydrogen) atoms. The first-order valence-electron chi connectivity index (χ1n) is 8.12. The second kappa shape index (κ2) is 7.19. The van der Waals surface area contributed by atoms with Crippen molar-refractivity contribution in [3.05, 3.63) is 11.8 Å². The summed E-state index contributed by atoms with van der Waals surface area (Å²) in [6.07, 6.45) is -10.5. The van der Waals surface area contributed by atoms with Crippen LogP contribution in [0.2, 0.25) is 0 Å². The van der Waals surface area contributed by atoms with Crippen LogP contribution in [0.15, 0.2) is 11.8 Å². The molecule has 0 saturated heterocycles. The van der Waals surface area contributed by atoms with E-state index in [4.69, 9.17) is 0 Å². The summed E-state index contributed by atoms with van der Waals surface area (Å²) in [4.78, 5) is 12.2. The van der Waals surface area contributed by atoms with Gasteiger partial charge in [-0.05, 0) is 31.1 Å². The van der Waals surface area contributed by atoms with Crippen LogP contribution in [-0.2, 0) is 4.79 Å². The minimum Gasteiger partial charge on any atom is -0.512 e. The van der Waals surface area contributed by atoms with Gasteiger partial charge in [-0.25, -0.2) is 0 Å². The smallest absolute Gasteiger partial charge is 0.390 e. The molecule has 0 bridgehead atoms. The number of aliphatic hydroxyl groups is 1. The largest absolute Gasteiger partial charge is 0.512 e. The van der Waals surface area contributed by atoms with E-state index in [2.05, 4.69) is 0 Å². The maximum Gasteiger partial charge on any atom is 0.390 e. The third kappa shape index (κ3) is 7.28. The van der Waals surface area contributed by atoms with Crippen LogP contribution < -0.4 is 0 Å². The summed E-state index contributed by atoms with van der Waals surface area (Å²) in [7, 11) is 0. The van der Waals surface area contributed by atoms with Crippen molar-refractivity contribution in [2.45, 2.75) is 71.6 Å². The Hall–Kier alpha value is -1.21. The average molecular weight is 374 g/mol. The van der Waals surface area contributed by atoms with Crippen molar-refractivity contribution in [2.24, 2.45) is 16.7 Å². The molecular formula is C17H24F6O2. The molecule has 1 rings (SSSR count). The molecule has 1 fully saturated rings. The molecule has 0 heterocycles. The second-order valence-corrected chi connectivity index (χ2v) is 8.02. The van der Waals surface area contributed by atoms with Gasteiger partial charge >= 0.3 is 12.4 Å². The molecule has 0 aromatic heterocycles. The molecule has 0 aliphatic heterocycles. The fourth-order valence-corrected chi connectivity index (χ4v) is 3.24. The number of hydrogen-bond acceptors (Lipinski definition) is 2. The topological polar surface area (TPSA) is 37.3 Å². The van der Waals surface area contributed by atoms with Crippen LogP contribution in [0.3, 0.4) is 0 Å². The van der Waals surface area contributed by atoms with Gasteiger partial charge in [0.2, 0.25) is 0 Å². The highest BCUT2D eigenvalue weighted by Crippen LogP contribution is 2.44. The van der Waals surface area contributed by atoms with Gasteiger partial charge in [-0.1, -0.05) is 20.8 Å². The Morgan fingerprint density at radius 1 is 1.04 bits per heavy atom. The van der Waals surface area contributed by atoms with E-state index < -0.39 is 48.1 Å². The minimum atomic E-state index is -4.92. The molecule has 0 aromatic carbocycles. The SMILES string of the molecule is CC1(C)CCC(/C(O)=C/C(=O)C(C)(CC(F)(F)F)CC(F)(F)F)CC1. The van der Waals surface area contributed by atoms with Gasteiger partial charge in [0.15, 0.2) is 5.78 Å². The molecular weight excluding hydrogens is 350 g/mol. The molecule has 0 radical (unpaired) electrons. The first-order valence-corrected chi connectivity index (χ1v) is 8.12. The van der Waals surface area contributed by atoms with Crippen LogP contribution in [0.4, 0.5) is 26.3 Å². The lowest BCUT2D eigenvalue weighted by Gasteiger charge is -2.34. The molecule has 1 N–H and O–H groups in total. The Balaban J connectivity index is 2.97. The van der Waals surface area contributed by atoms with Gasteiger partial charge in [-0.2, -0.15) is 26.3 Å². The molecule has 1 saturated carbocycles. The van der Waals surface area contributed by atoms with Crippen LogP contribution in [0.25, 0.3) is 0 Å². The lowest BCUT2D eigenvalue weighted by atomic mass is 9.72. The lowest BCUT2D eigenvalue weighted by Crippen LogP contribution is -2.37. The molecule has 8 heteroatoms. The number of carbonyl (C=O) groups excluding carboxylic acids is 1. The van der Waals surface area contributed by atoms with Gasteiger partial charge in [0, 0.05) is 17.4 Å². The number of halogens is 6. The van der Waals surface area contributed by atoms with E-state index in [1.807, 2.05) is 13.8 Å². The molecule has 0 unspecified atom stereocenters. The third-order valence-electron chi connectivity index (χ3n) is 4.81. The van der Waals surface area contributed by atoms with Crippen LogP contribution in [0, 0.1) is 16.7 Å². The van der Waals surface area contributed by atoms with Crippen LogP contribution in [0.5, 0.6) is 0 Å².